The van der Waals surface area contributed by atoms with E-state index < -0.39 is 9.25 Å². The van der Waals surface area contributed by atoms with Crippen LogP contribution in [0.2, 0.25) is 0 Å². The molecule has 0 bridgehead atoms. The molecule has 0 heterocycles. The number of hydrogen-bond donors (Lipinski definition) is 1. The average Bonchev–Trinajstić information content (AvgIpc) is 0.650. The van der Waals surface area contributed by atoms with Crippen molar-refractivity contribution in [2.45, 2.75) is 0 Å². The van der Waals surface area contributed by atoms with Gasteiger partial charge in [-0.15, -0.1) is 0 Å². The van der Waals surface area contributed by atoms with Crippen LogP contribution in [0.3, 0.4) is 0 Å². The van der Waals surface area contributed by atoms with Gasteiger partial charge in [-0.25, -0.2) is 0 Å². The fourth-order valence-electron chi connectivity index (χ4n) is 0. The predicted octanol–water partition coefficient (Wildman–Crippen LogP) is -0.170. The van der Waals surface area contributed by atoms with Gasteiger partial charge in [0, 0.05) is 6.26 Å². The van der Waals surface area contributed by atoms with E-state index in [4.69, 9.17) is 4.55 Å². The number of rotatable bonds is 0. The van der Waals surface area contributed by atoms with Crippen molar-refractivity contribution in [1.82, 2.24) is 0 Å². The summed E-state index contributed by atoms with van der Waals surface area (Å²) in [5.74, 6) is 0. The SMILES string of the molecule is CS(=O)([O-])(O)P. The van der Waals surface area contributed by atoms with E-state index in [1.54, 1.807) is 0 Å². The van der Waals surface area contributed by atoms with Crippen molar-refractivity contribution in [1.29, 1.82) is 0 Å². The molecule has 3 nitrogen and oxygen atoms in total. The molecule has 0 aliphatic rings. The molecule has 6 heavy (non-hydrogen) atoms. The molecule has 0 aromatic rings. The van der Waals surface area contributed by atoms with E-state index in [-0.39, 0.29) is 0 Å². The van der Waals surface area contributed by atoms with Crippen LogP contribution in [-0.4, -0.2) is 19.6 Å². The second-order valence-electron chi connectivity index (χ2n) is 1.27. The summed E-state index contributed by atoms with van der Waals surface area (Å²) < 4.78 is 27.4. The van der Waals surface area contributed by atoms with Gasteiger partial charge in [-0.3, -0.25) is 4.21 Å². The van der Waals surface area contributed by atoms with Gasteiger partial charge in [0.15, 0.2) is 0 Å². The fourth-order valence-corrected chi connectivity index (χ4v) is 0. The standard InChI is InChI=1S/CH7O3PS/c1-6(2,3,4)5/h5H2,1H3,(H2,2,3,4)/p-1. The average molecular weight is 129 g/mol. The first-order valence-electron chi connectivity index (χ1n) is 1.16. The van der Waals surface area contributed by atoms with Crippen molar-refractivity contribution in [3.05, 3.63) is 0 Å². The highest BCUT2D eigenvalue weighted by Crippen LogP contribution is 2.18. The minimum atomic E-state index is -4.43. The Morgan fingerprint density at radius 3 is 2.00 bits per heavy atom. The third-order valence-electron chi connectivity index (χ3n) is 0. The zero-order valence-corrected chi connectivity index (χ0v) is 5.22. The van der Waals surface area contributed by atoms with Crippen LogP contribution in [0.15, 0.2) is 0 Å². The molecule has 40 valence electrons. The molecule has 0 aromatic carbocycles. The molecule has 1 atom stereocenters. The zero-order valence-electron chi connectivity index (χ0n) is 3.25. The third-order valence-corrected chi connectivity index (χ3v) is 0. The highest BCUT2D eigenvalue weighted by molar-refractivity contribution is 8.50. The van der Waals surface area contributed by atoms with Gasteiger partial charge >= 0.3 is 0 Å². The van der Waals surface area contributed by atoms with Crippen molar-refractivity contribution >= 4 is 17.7 Å². The maximum atomic E-state index is 9.75. The molecule has 1 unspecified atom stereocenters. The van der Waals surface area contributed by atoms with Crippen molar-refractivity contribution in [2.75, 3.05) is 6.26 Å². The highest BCUT2D eigenvalue weighted by atomic mass is 32.8. The maximum absolute atomic E-state index is 9.75. The van der Waals surface area contributed by atoms with Crippen LogP contribution >= 0.6 is 8.44 Å². The van der Waals surface area contributed by atoms with Gasteiger partial charge in [-0.1, -0.05) is 17.7 Å². The molecule has 5 heteroatoms. The van der Waals surface area contributed by atoms with E-state index >= 15 is 0 Å². The summed E-state index contributed by atoms with van der Waals surface area (Å²) in [7, 11) is -3.11. The summed E-state index contributed by atoms with van der Waals surface area (Å²) in [5, 5.41) is 0. The van der Waals surface area contributed by atoms with Crippen molar-refractivity contribution in [3.63, 3.8) is 0 Å². The van der Waals surface area contributed by atoms with Gasteiger partial charge < -0.3 is 9.11 Å². The van der Waals surface area contributed by atoms with Crippen LogP contribution in [0, 0.1) is 0 Å². The van der Waals surface area contributed by atoms with Gasteiger partial charge in [0.25, 0.3) is 0 Å². The van der Waals surface area contributed by atoms with E-state index in [1.807, 2.05) is 0 Å². The lowest BCUT2D eigenvalue weighted by Crippen LogP contribution is -2.18. The van der Waals surface area contributed by atoms with E-state index in [0.717, 1.165) is 6.26 Å². The van der Waals surface area contributed by atoms with Crippen LogP contribution in [0.4, 0.5) is 0 Å². The Balaban J connectivity index is 4.16. The Hall–Kier alpha value is 0.500. The third kappa shape index (κ3) is 221. The van der Waals surface area contributed by atoms with Crippen LogP contribution in [0.25, 0.3) is 0 Å². The zero-order chi connectivity index (χ0) is 5.45. The molecular weight excluding hydrogens is 123 g/mol. The van der Waals surface area contributed by atoms with Gasteiger partial charge in [0.2, 0.25) is 0 Å². The minimum absolute atomic E-state index is 0.724. The van der Waals surface area contributed by atoms with Crippen LogP contribution in [0.1, 0.15) is 0 Å². The summed E-state index contributed by atoms with van der Waals surface area (Å²) >= 11 is 0. The van der Waals surface area contributed by atoms with E-state index in [9.17, 15) is 8.76 Å². The minimum Gasteiger partial charge on any atom is -0.767 e. The Bertz CT molecular complexity index is 88.5. The molecule has 0 rings (SSSR count). The van der Waals surface area contributed by atoms with E-state index in [1.165, 1.54) is 8.44 Å². The largest absolute Gasteiger partial charge is 0.767 e. The molecule has 0 radical (unpaired) electrons. The van der Waals surface area contributed by atoms with Gasteiger partial charge in [0.05, 0.1) is 0 Å². The van der Waals surface area contributed by atoms with Gasteiger partial charge in [-0.05, 0) is 0 Å². The Kier molecular flexibility index (Phi) is 1.09. The topological polar surface area (TPSA) is 60.4 Å². The van der Waals surface area contributed by atoms with Crippen molar-refractivity contribution < 1.29 is 13.3 Å². The van der Waals surface area contributed by atoms with Gasteiger partial charge in [0.1, 0.15) is 0 Å². The molecule has 0 amide bonds. The normalized spacial score (nSPS) is 19.0. The lowest BCUT2D eigenvalue weighted by Gasteiger charge is -2.32. The Labute approximate surface area is 38.1 Å². The lowest BCUT2D eigenvalue weighted by molar-refractivity contribution is 0.405. The maximum Gasteiger partial charge on any atom is 0.00446 e. The monoisotopic (exact) mass is 129 g/mol. The van der Waals surface area contributed by atoms with Crippen LogP contribution in [0.5, 0.6) is 0 Å². The molecular formula is CH6O3PS-. The number of hydrogen-bond acceptors (Lipinski definition) is 2. The summed E-state index contributed by atoms with van der Waals surface area (Å²) in [6.45, 7) is 0. The van der Waals surface area contributed by atoms with E-state index in [2.05, 4.69) is 0 Å². The van der Waals surface area contributed by atoms with Crippen LogP contribution < -0.4 is 0 Å². The first-order chi connectivity index (χ1) is 2.24. The second-order valence-corrected chi connectivity index (χ2v) is 7.00. The summed E-state index contributed by atoms with van der Waals surface area (Å²) in [4.78, 5) is 0. The summed E-state index contributed by atoms with van der Waals surface area (Å²) in [6.07, 6.45) is 0.724. The molecule has 0 spiro atoms. The molecule has 0 fully saturated rings. The first-order valence-corrected chi connectivity index (χ1v) is 4.89. The predicted molar refractivity (Wildman–Crippen MR) is 27.2 cm³/mol. The first kappa shape index (κ1) is 6.50. The van der Waals surface area contributed by atoms with E-state index in [0.29, 0.717) is 0 Å². The lowest BCUT2D eigenvalue weighted by atomic mass is 12.0. The Morgan fingerprint density at radius 2 is 2.00 bits per heavy atom. The van der Waals surface area contributed by atoms with Crippen LogP contribution in [-0.2, 0) is 9.25 Å². The summed E-state index contributed by atoms with van der Waals surface area (Å²) in [6, 6.07) is 0. The summed E-state index contributed by atoms with van der Waals surface area (Å²) in [5.41, 5.74) is 0. The molecule has 0 saturated heterocycles. The fraction of sp³-hybridized carbons (Fsp3) is 1.00. The molecule has 1 N–H and O–H groups in total. The Morgan fingerprint density at radius 1 is 2.00 bits per heavy atom. The smallest absolute Gasteiger partial charge is 0.00446 e. The molecule has 0 aliphatic carbocycles. The van der Waals surface area contributed by atoms with Crippen molar-refractivity contribution in [3.8, 4) is 0 Å². The molecule has 0 aliphatic heterocycles. The molecule has 0 saturated carbocycles. The second kappa shape index (κ2) is 1.01. The molecule has 0 aromatic heterocycles. The highest BCUT2D eigenvalue weighted by Gasteiger charge is 1.97. The quantitative estimate of drug-likeness (QED) is 0.462. The van der Waals surface area contributed by atoms with Gasteiger partial charge in [-0.2, -0.15) is 0 Å². The van der Waals surface area contributed by atoms with Crippen molar-refractivity contribution in [2.24, 2.45) is 0 Å².